The first-order valence-electron chi connectivity index (χ1n) is 8.71. The van der Waals surface area contributed by atoms with Gasteiger partial charge in [-0.15, -0.1) is 24.0 Å². The smallest absolute Gasteiger partial charge is 0.191 e. The molecule has 0 aromatic carbocycles. The van der Waals surface area contributed by atoms with Crippen LogP contribution in [-0.4, -0.2) is 51.6 Å². The fourth-order valence-corrected chi connectivity index (χ4v) is 2.33. The molecule has 1 aromatic rings. The van der Waals surface area contributed by atoms with Gasteiger partial charge in [-0.1, -0.05) is 19.0 Å². The van der Waals surface area contributed by atoms with Gasteiger partial charge in [0.05, 0.1) is 25.5 Å². The van der Waals surface area contributed by atoms with Crippen LogP contribution in [0.5, 0.6) is 0 Å². The summed E-state index contributed by atoms with van der Waals surface area (Å²) in [5, 5.41) is 10.6. The second kappa shape index (κ2) is 15.4. The van der Waals surface area contributed by atoms with E-state index in [1.54, 1.807) is 14.2 Å². The van der Waals surface area contributed by atoms with Crippen molar-refractivity contribution in [3.63, 3.8) is 0 Å². The van der Waals surface area contributed by atoms with E-state index in [0.29, 0.717) is 32.3 Å². The van der Waals surface area contributed by atoms with Crippen LogP contribution >= 0.6 is 24.0 Å². The maximum absolute atomic E-state index is 5.42. The number of aliphatic imine (C=N–C) groups is 1. The summed E-state index contributed by atoms with van der Waals surface area (Å²) in [6, 6.07) is 2.03. The lowest BCUT2D eigenvalue weighted by Gasteiger charge is -2.10. The Balaban J connectivity index is 0.00000576. The van der Waals surface area contributed by atoms with Crippen LogP contribution < -0.4 is 10.6 Å². The lowest BCUT2D eigenvalue weighted by Crippen LogP contribution is -2.37. The van der Waals surface area contributed by atoms with Crippen LogP contribution in [0.25, 0.3) is 0 Å². The first kappa shape index (κ1) is 24.1. The summed E-state index contributed by atoms with van der Waals surface area (Å²) in [7, 11) is 3.42. The summed E-state index contributed by atoms with van der Waals surface area (Å²) >= 11 is 0. The SMILES string of the molecule is CCC(CC)c1cc(CNC(=NC)NCCCOCCOC)on1.I. The van der Waals surface area contributed by atoms with Crippen molar-refractivity contribution in [3.8, 4) is 0 Å². The van der Waals surface area contributed by atoms with Crippen molar-refractivity contribution in [3.05, 3.63) is 17.5 Å². The molecule has 2 N–H and O–H groups in total. The molecule has 0 fully saturated rings. The second-order valence-electron chi connectivity index (χ2n) is 5.54. The highest BCUT2D eigenvalue weighted by molar-refractivity contribution is 14.0. The Morgan fingerprint density at radius 2 is 2.00 bits per heavy atom. The highest BCUT2D eigenvalue weighted by Gasteiger charge is 2.13. The predicted molar refractivity (Wildman–Crippen MR) is 111 cm³/mol. The van der Waals surface area contributed by atoms with Crippen molar-refractivity contribution in [1.82, 2.24) is 15.8 Å². The zero-order chi connectivity index (χ0) is 17.6. The Bertz CT molecular complexity index is 465. The Hall–Kier alpha value is -0.870. The molecule has 0 bridgehead atoms. The molecule has 0 aliphatic heterocycles. The van der Waals surface area contributed by atoms with E-state index in [2.05, 4.69) is 34.6 Å². The van der Waals surface area contributed by atoms with Crippen LogP contribution in [0, 0.1) is 0 Å². The number of hydrogen-bond acceptors (Lipinski definition) is 5. The van der Waals surface area contributed by atoms with Gasteiger partial charge in [0.25, 0.3) is 0 Å². The van der Waals surface area contributed by atoms with Crippen LogP contribution in [0.15, 0.2) is 15.6 Å². The Kier molecular flexibility index (Phi) is 14.9. The zero-order valence-electron chi connectivity index (χ0n) is 15.8. The number of methoxy groups -OCH3 is 1. The molecule has 0 aliphatic carbocycles. The van der Waals surface area contributed by atoms with Gasteiger partial charge in [0.2, 0.25) is 0 Å². The summed E-state index contributed by atoms with van der Waals surface area (Å²) in [6.45, 7) is 7.67. The first-order valence-corrected chi connectivity index (χ1v) is 8.71. The number of rotatable bonds is 12. The van der Waals surface area contributed by atoms with E-state index in [0.717, 1.165) is 43.2 Å². The van der Waals surface area contributed by atoms with Gasteiger partial charge in [-0.3, -0.25) is 4.99 Å². The summed E-state index contributed by atoms with van der Waals surface area (Å²) < 4.78 is 15.7. The molecule has 0 saturated heterocycles. The van der Waals surface area contributed by atoms with E-state index < -0.39 is 0 Å². The number of nitrogens with zero attached hydrogens (tertiary/aromatic N) is 2. The third-order valence-electron chi connectivity index (χ3n) is 3.82. The van der Waals surface area contributed by atoms with Gasteiger partial charge >= 0.3 is 0 Å². The fraction of sp³-hybridized carbons (Fsp3) is 0.765. The molecule has 0 saturated carbocycles. The first-order chi connectivity index (χ1) is 11.7. The van der Waals surface area contributed by atoms with Gasteiger partial charge in [-0.05, 0) is 19.3 Å². The molecule has 0 amide bonds. The lowest BCUT2D eigenvalue weighted by atomic mass is 9.99. The molecular formula is C17H33IN4O3. The van der Waals surface area contributed by atoms with E-state index in [1.165, 1.54) is 0 Å². The molecule has 1 aromatic heterocycles. The number of ether oxygens (including phenoxy) is 2. The minimum absolute atomic E-state index is 0. The van der Waals surface area contributed by atoms with Gasteiger partial charge in [0, 0.05) is 39.3 Å². The molecule has 0 atom stereocenters. The van der Waals surface area contributed by atoms with Crippen LogP contribution in [-0.2, 0) is 16.0 Å². The van der Waals surface area contributed by atoms with E-state index >= 15 is 0 Å². The van der Waals surface area contributed by atoms with Crippen molar-refractivity contribution in [2.45, 2.75) is 45.6 Å². The van der Waals surface area contributed by atoms with E-state index in [-0.39, 0.29) is 24.0 Å². The lowest BCUT2D eigenvalue weighted by molar-refractivity contribution is 0.0698. The van der Waals surface area contributed by atoms with Gasteiger partial charge in [-0.2, -0.15) is 0 Å². The highest BCUT2D eigenvalue weighted by Crippen LogP contribution is 2.22. The second-order valence-corrected chi connectivity index (χ2v) is 5.54. The number of guanidine groups is 1. The maximum Gasteiger partial charge on any atom is 0.191 e. The quantitative estimate of drug-likeness (QED) is 0.213. The minimum Gasteiger partial charge on any atom is -0.382 e. The van der Waals surface area contributed by atoms with Gasteiger partial charge in [0.1, 0.15) is 0 Å². The molecule has 0 unspecified atom stereocenters. The highest BCUT2D eigenvalue weighted by atomic mass is 127. The van der Waals surface area contributed by atoms with Crippen molar-refractivity contribution in [1.29, 1.82) is 0 Å². The topological polar surface area (TPSA) is 80.9 Å². The average Bonchev–Trinajstić information content (AvgIpc) is 3.06. The molecule has 7 nitrogen and oxygen atoms in total. The molecule has 146 valence electrons. The molecule has 1 heterocycles. The molecule has 0 spiro atoms. The molecule has 0 aliphatic rings. The van der Waals surface area contributed by atoms with E-state index in [4.69, 9.17) is 14.0 Å². The fourth-order valence-electron chi connectivity index (χ4n) is 2.33. The van der Waals surface area contributed by atoms with Gasteiger partial charge in [0.15, 0.2) is 11.7 Å². The molecule has 25 heavy (non-hydrogen) atoms. The van der Waals surface area contributed by atoms with Crippen LogP contribution in [0.4, 0.5) is 0 Å². The van der Waals surface area contributed by atoms with E-state index in [9.17, 15) is 0 Å². The largest absolute Gasteiger partial charge is 0.382 e. The standard InChI is InChI=1S/C17H32N4O3.HI/c1-5-14(6-2)16-12-15(24-21-16)13-20-17(18-3)19-8-7-9-23-11-10-22-4;/h12,14H,5-11,13H2,1-4H3,(H2,18,19,20);1H. The summed E-state index contributed by atoms with van der Waals surface area (Å²) in [4.78, 5) is 4.20. The number of halogens is 1. The maximum atomic E-state index is 5.42. The summed E-state index contributed by atoms with van der Waals surface area (Å²) in [5.74, 6) is 2.04. The normalized spacial score (nSPS) is 11.5. The van der Waals surface area contributed by atoms with E-state index in [1.807, 2.05) is 6.07 Å². The Morgan fingerprint density at radius 1 is 1.24 bits per heavy atom. The van der Waals surface area contributed by atoms with Gasteiger partial charge in [-0.25, -0.2) is 0 Å². The monoisotopic (exact) mass is 468 g/mol. The number of aromatic nitrogens is 1. The predicted octanol–water partition coefficient (Wildman–Crippen LogP) is 2.91. The minimum atomic E-state index is 0. The van der Waals surface area contributed by atoms with Crippen LogP contribution in [0.1, 0.15) is 50.5 Å². The Morgan fingerprint density at radius 3 is 2.64 bits per heavy atom. The Labute approximate surface area is 168 Å². The third-order valence-corrected chi connectivity index (χ3v) is 3.82. The molecular weight excluding hydrogens is 435 g/mol. The van der Waals surface area contributed by atoms with Crippen molar-refractivity contribution < 1.29 is 14.0 Å². The average molecular weight is 468 g/mol. The number of nitrogens with one attached hydrogen (secondary N) is 2. The molecule has 1 rings (SSSR count). The summed E-state index contributed by atoms with van der Waals surface area (Å²) in [5.41, 5.74) is 1.04. The van der Waals surface area contributed by atoms with Gasteiger partial charge < -0.3 is 24.6 Å². The van der Waals surface area contributed by atoms with Crippen LogP contribution in [0.3, 0.4) is 0 Å². The molecule has 8 heteroatoms. The number of hydrogen-bond donors (Lipinski definition) is 2. The van der Waals surface area contributed by atoms with Crippen LogP contribution in [0.2, 0.25) is 0 Å². The van der Waals surface area contributed by atoms with Crippen molar-refractivity contribution in [2.24, 2.45) is 4.99 Å². The third kappa shape index (κ3) is 10.0. The summed E-state index contributed by atoms with van der Waals surface area (Å²) in [6.07, 6.45) is 3.06. The zero-order valence-corrected chi connectivity index (χ0v) is 18.2. The van der Waals surface area contributed by atoms with Crippen molar-refractivity contribution in [2.75, 3.05) is 40.5 Å². The van der Waals surface area contributed by atoms with Crippen molar-refractivity contribution >= 4 is 29.9 Å². The molecule has 0 radical (unpaired) electrons.